The minimum atomic E-state index is 0.922. The van der Waals surface area contributed by atoms with Crippen LogP contribution in [-0.2, 0) is 19.6 Å². The maximum atomic E-state index is 6.01. The Balaban J connectivity index is 1.75. The molecule has 0 aromatic heterocycles. The van der Waals surface area contributed by atoms with E-state index >= 15 is 0 Å². The minimum absolute atomic E-state index is 0.922. The van der Waals surface area contributed by atoms with Crippen LogP contribution in [0.1, 0.15) is 16.7 Å². The highest BCUT2D eigenvalue weighted by Gasteiger charge is 2.20. The molecule has 0 radical (unpaired) electrons. The number of nitrogens with two attached hydrogens (primary N) is 1. The summed E-state index contributed by atoms with van der Waals surface area (Å²) in [6, 6.07) is 14.7. The van der Waals surface area contributed by atoms with Crippen LogP contribution >= 0.6 is 15.9 Å². The molecule has 0 fully saturated rings. The summed E-state index contributed by atoms with van der Waals surface area (Å²) in [5.74, 6) is 0. The molecule has 0 bridgehead atoms. The van der Waals surface area contributed by atoms with E-state index in [0.29, 0.717) is 0 Å². The van der Waals surface area contributed by atoms with E-state index in [1.165, 1.54) is 16.7 Å². The first-order valence-electron chi connectivity index (χ1n) is 6.05. The molecule has 3 heteroatoms. The van der Waals surface area contributed by atoms with Crippen LogP contribution in [0.3, 0.4) is 0 Å². The van der Waals surface area contributed by atoms with E-state index in [1.807, 2.05) is 12.1 Å². The summed E-state index contributed by atoms with van der Waals surface area (Å²) in [7, 11) is 0. The molecular weight excluding hydrogens is 288 g/mol. The lowest BCUT2D eigenvalue weighted by molar-refractivity contribution is 0.275. The predicted octanol–water partition coefficient (Wildman–Crippen LogP) is 3.55. The van der Waals surface area contributed by atoms with Crippen molar-refractivity contribution in [3.8, 4) is 0 Å². The second-order valence-electron chi connectivity index (χ2n) is 4.76. The summed E-state index contributed by atoms with van der Waals surface area (Å²) in [5.41, 5.74) is 10.9. The highest BCUT2D eigenvalue weighted by molar-refractivity contribution is 9.10. The van der Waals surface area contributed by atoms with E-state index in [1.54, 1.807) is 0 Å². The minimum Gasteiger partial charge on any atom is -0.398 e. The number of nitrogen functional groups attached to an aromatic ring is 1. The van der Waals surface area contributed by atoms with Gasteiger partial charge in [-0.15, -0.1) is 0 Å². The molecule has 18 heavy (non-hydrogen) atoms. The molecule has 0 saturated heterocycles. The number of hydrogen-bond donors (Lipinski definition) is 1. The molecule has 2 aromatic rings. The molecule has 1 heterocycles. The third kappa shape index (κ3) is 2.28. The lowest BCUT2D eigenvalue weighted by atomic mass is 10.1. The second kappa shape index (κ2) is 4.75. The van der Waals surface area contributed by atoms with Gasteiger partial charge in [-0.05, 0) is 34.9 Å². The van der Waals surface area contributed by atoms with Crippen LogP contribution in [0.2, 0.25) is 0 Å². The first-order chi connectivity index (χ1) is 8.72. The Morgan fingerprint density at radius 1 is 1.06 bits per heavy atom. The molecule has 0 unspecified atom stereocenters. The van der Waals surface area contributed by atoms with Gasteiger partial charge in [0.2, 0.25) is 0 Å². The molecule has 0 atom stereocenters. The normalized spacial score (nSPS) is 14.7. The number of hydrogen-bond acceptors (Lipinski definition) is 2. The van der Waals surface area contributed by atoms with E-state index in [0.717, 1.165) is 29.8 Å². The molecule has 0 amide bonds. The van der Waals surface area contributed by atoms with Crippen LogP contribution in [0, 0.1) is 0 Å². The second-order valence-corrected chi connectivity index (χ2v) is 5.67. The Morgan fingerprint density at radius 3 is 2.56 bits per heavy atom. The first kappa shape index (κ1) is 11.8. The Bertz CT molecular complexity index is 563. The van der Waals surface area contributed by atoms with Crippen molar-refractivity contribution in [3.63, 3.8) is 0 Å². The van der Waals surface area contributed by atoms with Gasteiger partial charge >= 0.3 is 0 Å². The number of benzene rings is 2. The molecular formula is C15H15BrN2. The van der Waals surface area contributed by atoms with Crippen molar-refractivity contribution in [2.75, 3.05) is 5.73 Å². The molecule has 1 aliphatic heterocycles. The topological polar surface area (TPSA) is 29.3 Å². The monoisotopic (exact) mass is 302 g/mol. The third-order valence-corrected chi connectivity index (χ3v) is 3.93. The summed E-state index contributed by atoms with van der Waals surface area (Å²) in [5, 5.41) is 0. The summed E-state index contributed by atoms with van der Waals surface area (Å²) in [6.45, 7) is 2.93. The average Bonchev–Trinajstić information content (AvgIpc) is 2.76. The number of rotatable bonds is 2. The lowest BCUT2D eigenvalue weighted by Crippen LogP contribution is -2.15. The largest absolute Gasteiger partial charge is 0.398 e. The van der Waals surface area contributed by atoms with E-state index < -0.39 is 0 Å². The van der Waals surface area contributed by atoms with Crippen molar-refractivity contribution in [2.24, 2.45) is 0 Å². The Hall–Kier alpha value is -1.32. The number of anilines is 1. The fourth-order valence-electron chi connectivity index (χ4n) is 2.48. The SMILES string of the molecule is Nc1cccc2c1CN(Cc1ccc(Br)cc1)C2. The molecule has 0 saturated carbocycles. The molecule has 2 N–H and O–H groups in total. The van der Waals surface area contributed by atoms with Gasteiger partial charge in [-0.2, -0.15) is 0 Å². The zero-order valence-electron chi connectivity index (χ0n) is 10.1. The molecule has 1 aliphatic rings. The molecule has 92 valence electrons. The van der Waals surface area contributed by atoms with Gasteiger partial charge in [-0.3, -0.25) is 4.90 Å². The standard InChI is InChI=1S/C15H15BrN2/c16-13-6-4-11(5-7-13)8-18-9-12-2-1-3-15(17)14(12)10-18/h1-7H,8-10,17H2. The molecule has 2 nitrogen and oxygen atoms in total. The van der Waals surface area contributed by atoms with Gasteiger partial charge in [0.1, 0.15) is 0 Å². The first-order valence-corrected chi connectivity index (χ1v) is 6.85. The number of fused-ring (bicyclic) bond motifs is 1. The fraction of sp³-hybridized carbons (Fsp3) is 0.200. The quantitative estimate of drug-likeness (QED) is 0.860. The zero-order valence-corrected chi connectivity index (χ0v) is 11.7. The molecule has 2 aromatic carbocycles. The van der Waals surface area contributed by atoms with Gasteiger partial charge in [-0.25, -0.2) is 0 Å². The van der Waals surface area contributed by atoms with Gasteiger partial charge in [-0.1, -0.05) is 40.2 Å². The van der Waals surface area contributed by atoms with Crippen molar-refractivity contribution in [1.82, 2.24) is 4.90 Å². The molecule has 0 aliphatic carbocycles. The van der Waals surface area contributed by atoms with Gasteiger partial charge in [0.15, 0.2) is 0 Å². The van der Waals surface area contributed by atoms with Crippen LogP contribution in [0.5, 0.6) is 0 Å². The third-order valence-electron chi connectivity index (χ3n) is 3.40. The number of nitrogens with zero attached hydrogens (tertiary/aromatic N) is 1. The van der Waals surface area contributed by atoms with Crippen molar-refractivity contribution in [1.29, 1.82) is 0 Å². The van der Waals surface area contributed by atoms with E-state index in [-0.39, 0.29) is 0 Å². The maximum Gasteiger partial charge on any atom is 0.0363 e. The van der Waals surface area contributed by atoms with Crippen molar-refractivity contribution in [3.05, 3.63) is 63.6 Å². The van der Waals surface area contributed by atoms with Crippen molar-refractivity contribution < 1.29 is 0 Å². The van der Waals surface area contributed by atoms with Gasteiger partial charge in [0.25, 0.3) is 0 Å². The van der Waals surface area contributed by atoms with Gasteiger partial charge in [0.05, 0.1) is 0 Å². The molecule has 3 rings (SSSR count). The van der Waals surface area contributed by atoms with Gasteiger partial charge < -0.3 is 5.73 Å². The number of halogens is 1. The zero-order chi connectivity index (χ0) is 12.5. The van der Waals surface area contributed by atoms with Crippen LogP contribution in [0.4, 0.5) is 5.69 Å². The van der Waals surface area contributed by atoms with Crippen LogP contribution in [0.25, 0.3) is 0 Å². The lowest BCUT2D eigenvalue weighted by Gasteiger charge is -2.14. The Labute approximate surface area is 116 Å². The highest BCUT2D eigenvalue weighted by atomic mass is 79.9. The van der Waals surface area contributed by atoms with Crippen LogP contribution < -0.4 is 5.73 Å². The van der Waals surface area contributed by atoms with Crippen LogP contribution in [-0.4, -0.2) is 4.90 Å². The average molecular weight is 303 g/mol. The van der Waals surface area contributed by atoms with Crippen LogP contribution in [0.15, 0.2) is 46.9 Å². The van der Waals surface area contributed by atoms with E-state index in [2.05, 4.69) is 51.2 Å². The fourth-order valence-corrected chi connectivity index (χ4v) is 2.74. The van der Waals surface area contributed by atoms with E-state index in [9.17, 15) is 0 Å². The summed E-state index contributed by atoms with van der Waals surface area (Å²) >= 11 is 3.46. The van der Waals surface area contributed by atoms with E-state index in [4.69, 9.17) is 5.73 Å². The summed E-state index contributed by atoms with van der Waals surface area (Å²) < 4.78 is 1.13. The highest BCUT2D eigenvalue weighted by Crippen LogP contribution is 2.28. The van der Waals surface area contributed by atoms with Crippen molar-refractivity contribution >= 4 is 21.6 Å². The van der Waals surface area contributed by atoms with Crippen molar-refractivity contribution in [2.45, 2.75) is 19.6 Å². The smallest absolute Gasteiger partial charge is 0.0363 e. The predicted molar refractivity (Wildman–Crippen MR) is 77.9 cm³/mol. The Morgan fingerprint density at radius 2 is 1.83 bits per heavy atom. The molecule has 0 spiro atoms. The van der Waals surface area contributed by atoms with Gasteiger partial charge in [0, 0.05) is 29.8 Å². The maximum absolute atomic E-state index is 6.01. The summed E-state index contributed by atoms with van der Waals surface area (Å²) in [4.78, 5) is 2.42. The Kier molecular flexibility index (Phi) is 3.10. The summed E-state index contributed by atoms with van der Waals surface area (Å²) in [6.07, 6.45) is 0.